The highest BCUT2D eigenvalue weighted by Gasteiger charge is 2.21. The van der Waals surface area contributed by atoms with Crippen LogP contribution in [0.3, 0.4) is 0 Å². The van der Waals surface area contributed by atoms with Crippen LogP contribution in [0.15, 0.2) is 35.5 Å². The Morgan fingerprint density at radius 1 is 1.41 bits per heavy atom. The van der Waals surface area contributed by atoms with Gasteiger partial charge in [0.1, 0.15) is 12.2 Å². The van der Waals surface area contributed by atoms with Crippen LogP contribution < -0.4 is 5.32 Å². The van der Waals surface area contributed by atoms with Crippen LogP contribution in [-0.2, 0) is 6.42 Å². The quantitative estimate of drug-likeness (QED) is 0.863. The maximum absolute atomic E-state index is 4.11. The van der Waals surface area contributed by atoms with Crippen LogP contribution in [0, 0.1) is 0 Å². The summed E-state index contributed by atoms with van der Waals surface area (Å²) in [7, 11) is 0. The Morgan fingerprint density at radius 2 is 2.35 bits per heavy atom. The summed E-state index contributed by atoms with van der Waals surface area (Å²) in [5.74, 6) is 2.06. The molecule has 0 saturated heterocycles. The molecular formula is C12H14N4S. The van der Waals surface area contributed by atoms with Crippen LogP contribution in [0.25, 0.3) is 0 Å². The summed E-state index contributed by atoms with van der Waals surface area (Å²) in [6.07, 6.45) is 2.44. The molecule has 0 radical (unpaired) electrons. The zero-order valence-corrected chi connectivity index (χ0v) is 10.2. The van der Waals surface area contributed by atoms with Crippen LogP contribution in [0.4, 0.5) is 0 Å². The van der Waals surface area contributed by atoms with Gasteiger partial charge in [-0.25, -0.2) is 4.98 Å². The molecule has 2 aromatic rings. The summed E-state index contributed by atoms with van der Waals surface area (Å²) in [6.45, 7) is 0.925. The van der Waals surface area contributed by atoms with Crippen molar-refractivity contribution < 1.29 is 0 Å². The van der Waals surface area contributed by atoms with E-state index in [0.717, 1.165) is 24.5 Å². The summed E-state index contributed by atoms with van der Waals surface area (Å²) in [5.41, 5.74) is 1.43. The van der Waals surface area contributed by atoms with E-state index < -0.39 is 0 Å². The lowest BCUT2D eigenvalue weighted by molar-refractivity contribution is 0.579. The second-order valence-electron chi connectivity index (χ2n) is 4.04. The van der Waals surface area contributed by atoms with Gasteiger partial charge in [-0.15, -0.1) is 11.8 Å². The van der Waals surface area contributed by atoms with E-state index >= 15 is 0 Å². The van der Waals surface area contributed by atoms with Crippen molar-refractivity contribution in [3.05, 3.63) is 42.0 Å². The van der Waals surface area contributed by atoms with Crippen molar-refractivity contribution in [3.8, 4) is 0 Å². The second kappa shape index (κ2) is 4.89. The molecule has 1 aliphatic rings. The first-order valence-corrected chi connectivity index (χ1v) is 6.71. The maximum Gasteiger partial charge on any atom is 0.137 e. The number of nitrogens with zero attached hydrogens (tertiary/aromatic N) is 2. The van der Waals surface area contributed by atoms with Gasteiger partial charge in [-0.3, -0.25) is 5.10 Å². The van der Waals surface area contributed by atoms with E-state index in [-0.39, 0.29) is 0 Å². The van der Waals surface area contributed by atoms with Crippen molar-refractivity contribution in [1.29, 1.82) is 0 Å². The standard InChI is InChI=1S/C12H14N4S/c1-2-4-11-9(3-1)10(7-17-11)13-6-5-12-14-8-15-16-12/h1-4,8,10,13H,5-7H2,(H,14,15,16). The SMILES string of the molecule is c1ccc2c(c1)SCC2NCCc1ncn[nH]1. The van der Waals surface area contributed by atoms with E-state index in [1.165, 1.54) is 10.5 Å². The Kier molecular flexibility index (Phi) is 3.11. The molecule has 0 saturated carbocycles. The number of rotatable bonds is 4. The summed E-state index contributed by atoms with van der Waals surface area (Å²) in [6, 6.07) is 9.08. The summed E-state index contributed by atoms with van der Waals surface area (Å²) >= 11 is 1.93. The van der Waals surface area contributed by atoms with Gasteiger partial charge in [0.25, 0.3) is 0 Å². The number of aromatic nitrogens is 3. The van der Waals surface area contributed by atoms with Gasteiger partial charge in [-0.1, -0.05) is 18.2 Å². The third-order valence-corrected chi connectivity index (χ3v) is 4.10. The Balaban J connectivity index is 1.57. The molecular weight excluding hydrogens is 232 g/mol. The average Bonchev–Trinajstić information content (AvgIpc) is 2.99. The molecule has 0 aliphatic carbocycles. The smallest absolute Gasteiger partial charge is 0.137 e. The number of hydrogen-bond acceptors (Lipinski definition) is 4. The molecule has 2 N–H and O–H groups in total. The highest BCUT2D eigenvalue weighted by atomic mass is 32.2. The third kappa shape index (κ3) is 2.35. The Bertz CT molecular complexity index is 483. The van der Waals surface area contributed by atoms with Gasteiger partial charge >= 0.3 is 0 Å². The predicted molar refractivity (Wildman–Crippen MR) is 68.0 cm³/mol. The lowest BCUT2D eigenvalue weighted by Gasteiger charge is -2.12. The van der Waals surface area contributed by atoms with Gasteiger partial charge in [0, 0.05) is 29.7 Å². The second-order valence-corrected chi connectivity index (χ2v) is 5.10. The van der Waals surface area contributed by atoms with Gasteiger partial charge in [0.05, 0.1) is 0 Å². The Morgan fingerprint density at radius 3 is 3.24 bits per heavy atom. The van der Waals surface area contributed by atoms with Gasteiger partial charge in [-0.2, -0.15) is 5.10 Å². The van der Waals surface area contributed by atoms with E-state index in [1.807, 2.05) is 11.8 Å². The zero-order valence-electron chi connectivity index (χ0n) is 9.39. The fourth-order valence-corrected chi connectivity index (χ4v) is 3.24. The molecule has 2 heterocycles. The minimum atomic E-state index is 0.471. The fourth-order valence-electron chi connectivity index (χ4n) is 2.05. The van der Waals surface area contributed by atoms with E-state index in [9.17, 15) is 0 Å². The number of aromatic amines is 1. The first-order valence-electron chi connectivity index (χ1n) is 5.73. The molecule has 1 atom stereocenters. The molecule has 0 bridgehead atoms. The Hall–Kier alpha value is -1.33. The molecule has 0 fully saturated rings. The van der Waals surface area contributed by atoms with Crippen LogP contribution in [-0.4, -0.2) is 27.5 Å². The monoisotopic (exact) mass is 246 g/mol. The highest BCUT2D eigenvalue weighted by molar-refractivity contribution is 7.99. The number of benzene rings is 1. The van der Waals surface area contributed by atoms with Crippen molar-refractivity contribution in [3.63, 3.8) is 0 Å². The largest absolute Gasteiger partial charge is 0.309 e. The third-order valence-electron chi connectivity index (χ3n) is 2.92. The van der Waals surface area contributed by atoms with Crippen LogP contribution >= 0.6 is 11.8 Å². The minimum absolute atomic E-state index is 0.471. The number of hydrogen-bond donors (Lipinski definition) is 2. The molecule has 88 valence electrons. The average molecular weight is 246 g/mol. The van der Waals surface area contributed by atoms with Crippen molar-refractivity contribution in [1.82, 2.24) is 20.5 Å². The first kappa shape index (κ1) is 10.8. The van der Waals surface area contributed by atoms with Crippen molar-refractivity contribution in [2.75, 3.05) is 12.3 Å². The molecule has 4 nitrogen and oxygen atoms in total. The number of fused-ring (bicyclic) bond motifs is 1. The van der Waals surface area contributed by atoms with Crippen molar-refractivity contribution >= 4 is 11.8 Å². The zero-order chi connectivity index (χ0) is 11.5. The topological polar surface area (TPSA) is 53.6 Å². The fraction of sp³-hybridized carbons (Fsp3) is 0.333. The molecule has 1 aromatic heterocycles. The molecule has 0 amide bonds. The van der Waals surface area contributed by atoms with Gasteiger partial charge < -0.3 is 5.32 Å². The normalized spacial score (nSPS) is 18.2. The molecule has 17 heavy (non-hydrogen) atoms. The van der Waals surface area contributed by atoms with Crippen molar-refractivity contribution in [2.45, 2.75) is 17.4 Å². The van der Waals surface area contributed by atoms with E-state index in [1.54, 1.807) is 6.33 Å². The van der Waals surface area contributed by atoms with E-state index in [2.05, 4.69) is 44.8 Å². The minimum Gasteiger partial charge on any atom is -0.309 e. The van der Waals surface area contributed by atoms with Crippen LogP contribution in [0.1, 0.15) is 17.4 Å². The van der Waals surface area contributed by atoms with Crippen LogP contribution in [0.2, 0.25) is 0 Å². The molecule has 0 spiro atoms. The molecule has 5 heteroatoms. The van der Waals surface area contributed by atoms with E-state index in [0.29, 0.717) is 6.04 Å². The molecule has 3 rings (SSSR count). The van der Waals surface area contributed by atoms with Crippen LogP contribution in [0.5, 0.6) is 0 Å². The number of H-pyrrole nitrogens is 1. The molecule has 1 aliphatic heterocycles. The first-order chi connectivity index (χ1) is 8.43. The van der Waals surface area contributed by atoms with Gasteiger partial charge in [0.15, 0.2) is 0 Å². The van der Waals surface area contributed by atoms with E-state index in [4.69, 9.17) is 0 Å². The van der Waals surface area contributed by atoms with Crippen molar-refractivity contribution in [2.24, 2.45) is 0 Å². The Labute approximate surface area is 104 Å². The summed E-state index contributed by atoms with van der Waals surface area (Å²) in [5, 5.41) is 10.3. The van der Waals surface area contributed by atoms with Gasteiger partial charge in [0.2, 0.25) is 0 Å². The number of thioether (sulfide) groups is 1. The molecule has 1 aromatic carbocycles. The lowest BCUT2D eigenvalue weighted by Crippen LogP contribution is -2.23. The predicted octanol–water partition coefficient (Wildman–Crippen LogP) is 1.78. The summed E-state index contributed by atoms with van der Waals surface area (Å²) in [4.78, 5) is 5.52. The lowest BCUT2D eigenvalue weighted by atomic mass is 10.1. The van der Waals surface area contributed by atoms with Gasteiger partial charge in [-0.05, 0) is 11.6 Å². The summed E-state index contributed by atoms with van der Waals surface area (Å²) < 4.78 is 0. The highest BCUT2D eigenvalue weighted by Crippen LogP contribution is 2.37. The molecule has 1 unspecified atom stereocenters. The maximum atomic E-state index is 4.11. The number of nitrogens with one attached hydrogen (secondary N) is 2.